The van der Waals surface area contributed by atoms with Crippen molar-refractivity contribution in [2.75, 3.05) is 24.5 Å². The Morgan fingerprint density at radius 1 is 1.44 bits per heavy atom. The predicted octanol–water partition coefficient (Wildman–Crippen LogP) is 1.93. The van der Waals surface area contributed by atoms with Gasteiger partial charge in [-0.25, -0.2) is 8.78 Å². The van der Waals surface area contributed by atoms with E-state index in [1.54, 1.807) is 12.1 Å². The third-order valence-corrected chi connectivity index (χ3v) is 2.80. The van der Waals surface area contributed by atoms with Crippen LogP contribution < -0.4 is 10.2 Å². The fourth-order valence-electron chi connectivity index (χ4n) is 1.95. The van der Waals surface area contributed by atoms with Crippen LogP contribution in [0.3, 0.4) is 0 Å². The van der Waals surface area contributed by atoms with Gasteiger partial charge >= 0.3 is 0 Å². The minimum Gasteiger partial charge on any atom is -0.360 e. The van der Waals surface area contributed by atoms with Crippen molar-refractivity contribution in [3.63, 3.8) is 0 Å². The topological polar surface area (TPSA) is 15.3 Å². The number of rotatable bonds is 2. The summed E-state index contributed by atoms with van der Waals surface area (Å²) in [4.78, 5) is 1.84. The standard InChI is InChI=1S/C12H14F2N2/c1-2-9-8-15-6-7-16(9)11-5-3-4-10(13)12(11)14/h2-5,9,15H,1,6-8H2/t9-/m1/s1. The molecule has 0 amide bonds. The third-order valence-electron chi connectivity index (χ3n) is 2.80. The molecule has 0 saturated carbocycles. The molecule has 1 aliphatic rings. The summed E-state index contributed by atoms with van der Waals surface area (Å²) in [6.07, 6.45) is 1.75. The molecule has 2 nitrogen and oxygen atoms in total. The first-order valence-electron chi connectivity index (χ1n) is 5.28. The molecular formula is C12H14F2N2. The fraction of sp³-hybridized carbons (Fsp3) is 0.333. The van der Waals surface area contributed by atoms with Crippen molar-refractivity contribution >= 4 is 5.69 Å². The monoisotopic (exact) mass is 224 g/mol. The largest absolute Gasteiger partial charge is 0.360 e. The highest BCUT2D eigenvalue weighted by Crippen LogP contribution is 2.24. The molecule has 1 N–H and O–H groups in total. The summed E-state index contributed by atoms with van der Waals surface area (Å²) >= 11 is 0. The summed E-state index contributed by atoms with van der Waals surface area (Å²) in [5, 5.41) is 3.19. The average molecular weight is 224 g/mol. The molecule has 1 saturated heterocycles. The lowest BCUT2D eigenvalue weighted by molar-refractivity contribution is 0.485. The molecule has 0 aliphatic carbocycles. The highest BCUT2D eigenvalue weighted by Gasteiger charge is 2.23. The average Bonchev–Trinajstić information content (AvgIpc) is 2.33. The second-order valence-electron chi connectivity index (χ2n) is 3.77. The molecule has 0 spiro atoms. The highest BCUT2D eigenvalue weighted by atomic mass is 19.2. The molecule has 1 aliphatic heterocycles. The van der Waals surface area contributed by atoms with Crippen molar-refractivity contribution in [2.24, 2.45) is 0 Å². The summed E-state index contributed by atoms with van der Waals surface area (Å²) in [6, 6.07) is 4.25. The van der Waals surface area contributed by atoms with Crippen molar-refractivity contribution < 1.29 is 8.78 Å². The lowest BCUT2D eigenvalue weighted by atomic mass is 10.1. The van der Waals surface area contributed by atoms with E-state index in [0.717, 1.165) is 12.6 Å². The van der Waals surface area contributed by atoms with E-state index in [0.29, 0.717) is 18.8 Å². The Hall–Kier alpha value is -1.42. The number of piperazine rings is 1. The molecule has 1 aromatic carbocycles. The van der Waals surface area contributed by atoms with E-state index in [9.17, 15) is 8.78 Å². The number of benzene rings is 1. The molecule has 0 radical (unpaired) electrons. The second-order valence-corrected chi connectivity index (χ2v) is 3.77. The highest BCUT2D eigenvalue weighted by molar-refractivity contribution is 5.50. The molecule has 0 bridgehead atoms. The molecule has 1 heterocycles. The van der Waals surface area contributed by atoms with Crippen LogP contribution >= 0.6 is 0 Å². The first-order chi connectivity index (χ1) is 7.74. The Kier molecular flexibility index (Phi) is 3.19. The normalized spacial score (nSPS) is 20.9. The van der Waals surface area contributed by atoms with Crippen molar-refractivity contribution in [3.05, 3.63) is 42.5 Å². The summed E-state index contributed by atoms with van der Waals surface area (Å²) in [5.74, 6) is -1.59. The zero-order chi connectivity index (χ0) is 11.5. The van der Waals surface area contributed by atoms with Crippen LogP contribution in [-0.2, 0) is 0 Å². The van der Waals surface area contributed by atoms with Gasteiger partial charge in [0.2, 0.25) is 0 Å². The Balaban J connectivity index is 2.34. The molecule has 1 atom stereocenters. The van der Waals surface area contributed by atoms with Crippen molar-refractivity contribution in [2.45, 2.75) is 6.04 Å². The zero-order valence-electron chi connectivity index (χ0n) is 8.92. The lowest BCUT2D eigenvalue weighted by Crippen LogP contribution is -2.50. The molecule has 4 heteroatoms. The molecule has 86 valence electrons. The second kappa shape index (κ2) is 4.61. The van der Waals surface area contributed by atoms with Crippen LogP contribution in [0.1, 0.15) is 0 Å². The van der Waals surface area contributed by atoms with Crippen molar-refractivity contribution in [1.82, 2.24) is 5.32 Å². The summed E-state index contributed by atoms with van der Waals surface area (Å²) in [7, 11) is 0. The number of anilines is 1. The maximum absolute atomic E-state index is 13.6. The lowest BCUT2D eigenvalue weighted by Gasteiger charge is -2.36. The van der Waals surface area contributed by atoms with E-state index < -0.39 is 11.6 Å². The van der Waals surface area contributed by atoms with E-state index in [2.05, 4.69) is 11.9 Å². The van der Waals surface area contributed by atoms with Crippen molar-refractivity contribution in [1.29, 1.82) is 0 Å². The van der Waals surface area contributed by atoms with Gasteiger partial charge in [0.05, 0.1) is 11.7 Å². The van der Waals surface area contributed by atoms with Gasteiger partial charge in [0, 0.05) is 19.6 Å². The van der Waals surface area contributed by atoms with Crippen LogP contribution in [0.25, 0.3) is 0 Å². The fourth-order valence-corrected chi connectivity index (χ4v) is 1.95. The van der Waals surface area contributed by atoms with Gasteiger partial charge in [0.25, 0.3) is 0 Å². The Morgan fingerprint density at radius 3 is 3.00 bits per heavy atom. The van der Waals surface area contributed by atoms with Crippen LogP contribution in [0.5, 0.6) is 0 Å². The molecule has 1 fully saturated rings. The van der Waals surface area contributed by atoms with E-state index in [1.807, 2.05) is 4.90 Å². The van der Waals surface area contributed by atoms with Gasteiger partial charge < -0.3 is 10.2 Å². The van der Waals surface area contributed by atoms with Gasteiger partial charge in [-0.3, -0.25) is 0 Å². The van der Waals surface area contributed by atoms with Crippen LogP contribution in [0.4, 0.5) is 14.5 Å². The number of halogens is 2. The van der Waals surface area contributed by atoms with Gasteiger partial charge in [-0.15, -0.1) is 6.58 Å². The smallest absolute Gasteiger partial charge is 0.182 e. The van der Waals surface area contributed by atoms with Gasteiger partial charge in [-0.05, 0) is 12.1 Å². The number of hydrogen-bond donors (Lipinski definition) is 1. The Labute approximate surface area is 93.6 Å². The van der Waals surface area contributed by atoms with Gasteiger partial charge in [0.15, 0.2) is 11.6 Å². The molecular weight excluding hydrogens is 210 g/mol. The molecule has 16 heavy (non-hydrogen) atoms. The van der Waals surface area contributed by atoms with Crippen LogP contribution in [0.2, 0.25) is 0 Å². The van der Waals surface area contributed by atoms with Crippen LogP contribution in [0.15, 0.2) is 30.9 Å². The summed E-state index contributed by atoms with van der Waals surface area (Å²) in [6.45, 7) is 5.84. The van der Waals surface area contributed by atoms with Crippen molar-refractivity contribution in [3.8, 4) is 0 Å². The first-order valence-corrected chi connectivity index (χ1v) is 5.28. The molecule has 0 unspecified atom stereocenters. The Morgan fingerprint density at radius 2 is 2.25 bits per heavy atom. The maximum atomic E-state index is 13.6. The van der Waals surface area contributed by atoms with Crippen LogP contribution in [-0.4, -0.2) is 25.7 Å². The molecule has 0 aromatic heterocycles. The van der Waals surface area contributed by atoms with Gasteiger partial charge in [-0.1, -0.05) is 12.1 Å². The van der Waals surface area contributed by atoms with E-state index >= 15 is 0 Å². The maximum Gasteiger partial charge on any atom is 0.182 e. The molecule has 2 rings (SSSR count). The summed E-state index contributed by atoms with van der Waals surface area (Å²) < 4.78 is 26.7. The van der Waals surface area contributed by atoms with Gasteiger partial charge in [0.1, 0.15) is 0 Å². The first kappa shape index (κ1) is 11.1. The number of hydrogen-bond acceptors (Lipinski definition) is 2. The minimum absolute atomic E-state index is 0.00468. The van der Waals surface area contributed by atoms with Gasteiger partial charge in [-0.2, -0.15) is 0 Å². The Bertz CT molecular complexity index is 393. The van der Waals surface area contributed by atoms with E-state index in [4.69, 9.17) is 0 Å². The zero-order valence-corrected chi connectivity index (χ0v) is 8.92. The van der Waals surface area contributed by atoms with E-state index in [1.165, 1.54) is 6.07 Å². The van der Waals surface area contributed by atoms with Crippen LogP contribution in [0, 0.1) is 11.6 Å². The summed E-state index contributed by atoms with van der Waals surface area (Å²) in [5.41, 5.74) is 0.311. The quantitative estimate of drug-likeness (QED) is 0.772. The third kappa shape index (κ3) is 1.93. The number of nitrogens with zero attached hydrogens (tertiary/aromatic N) is 1. The SMILES string of the molecule is C=C[C@@H]1CNCCN1c1cccc(F)c1F. The van der Waals surface area contributed by atoms with E-state index in [-0.39, 0.29) is 6.04 Å². The number of nitrogens with one attached hydrogen (secondary N) is 1. The molecule has 1 aromatic rings. The predicted molar refractivity (Wildman–Crippen MR) is 60.6 cm³/mol. The minimum atomic E-state index is -0.807.